The Morgan fingerprint density at radius 2 is 2.00 bits per heavy atom. The SMILES string of the molecule is C#C[C@@H](C[C@H](O)CCO)OCc1ccc(OC)cc1. The van der Waals surface area contributed by atoms with Crippen LogP contribution in [0, 0.1) is 12.3 Å². The van der Waals surface area contributed by atoms with Crippen LogP contribution in [-0.2, 0) is 11.3 Å². The van der Waals surface area contributed by atoms with Crippen LogP contribution in [0.1, 0.15) is 18.4 Å². The maximum Gasteiger partial charge on any atom is 0.120 e. The first-order valence-electron chi connectivity index (χ1n) is 6.19. The molecule has 0 aliphatic rings. The zero-order valence-electron chi connectivity index (χ0n) is 11.1. The van der Waals surface area contributed by atoms with Gasteiger partial charge in [0.25, 0.3) is 0 Å². The van der Waals surface area contributed by atoms with Gasteiger partial charge in [0.05, 0.1) is 19.8 Å². The Bertz CT molecular complexity index is 394. The molecular weight excluding hydrogens is 244 g/mol. The Kier molecular flexibility index (Phi) is 6.98. The number of ether oxygens (including phenoxy) is 2. The van der Waals surface area contributed by atoms with Crippen LogP contribution in [0.15, 0.2) is 24.3 Å². The summed E-state index contributed by atoms with van der Waals surface area (Å²) in [6.07, 6.45) is 4.90. The van der Waals surface area contributed by atoms with Crippen molar-refractivity contribution in [2.24, 2.45) is 0 Å². The third-order valence-electron chi connectivity index (χ3n) is 2.74. The smallest absolute Gasteiger partial charge is 0.120 e. The molecule has 0 aromatic heterocycles. The molecule has 0 radical (unpaired) electrons. The standard InChI is InChI=1S/C15H20O4/c1-3-14(10-13(17)8-9-16)19-11-12-4-6-15(18-2)7-5-12/h1,4-7,13-14,16-17H,8-11H2,2H3/t13-,14+/m1/s1. The average molecular weight is 264 g/mol. The summed E-state index contributed by atoms with van der Waals surface area (Å²) in [7, 11) is 1.61. The van der Waals surface area contributed by atoms with Gasteiger partial charge in [-0.3, -0.25) is 0 Å². The van der Waals surface area contributed by atoms with Crippen molar-refractivity contribution in [3.63, 3.8) is 0 Å². The van der Waals surface area contributed by atoms with Gasteiger partial charge in [0.15, 0.2) is 0 Å². The average Bonchev–Trinajstić information content (AvgIpc) is 2.44. The first-order valence-corrected chi connectivity index (χ1v) is 6.19. The van der Waals surface area contributed by atoms with Crippen molar-refractivity contribution < 1.29 is 19.7 Å². The summed E-state index contributed by atoms with van der Waals surface area (Å²) in [5, 5.41) is 18.3. The molecule has 4 heteroatoms. The summed E-state index contributed by atoms with van der Waals surface area (Å²) in [5.41, 5.74) is 0.984. The molecule has 104 valence electrons. The van der Waals surface area contributed by atoms with Gasteiger partial charge in [0.2, 0.25) is 0 Å². The summed E-state index contributed by atoms with van der Waals surface area (Å²) in [5.74, 6) is 3.28. The van der Waals surface area contributed by atoms with Crippen molar-refractivity contribution in [1.29, 1.82) is 0 Å². The van der Waals surface area contributed by atoms with E-state index in [-0.39, 0.29) is 6.61 Å². The van der Waals surface area contributed by atoms with Crippen LogP contribution in [0.2, 0.25) is 0 Å². The van der Waals surface area contributed by atoms with E-state index in [9.17, 15) is 5.11 Å². The number of rotatable bonds is 8. The van der Waals surface area contributed by atoms with Crippen LogP contribution in [0.4, 0.5) is 0 Å². The third kappa shape index (κ3) is 5.75. The van der Waals surface area contributed by atoms with Crippen molar-refractivity contribution in [2.45, 2.75) is 31.7 Å². The molecule has 0 amide bonds. The highest BCUT2D eigenvalue weighted by Gasteiger charge is 2.12. The highest BCUT2D eigenvalue weighted by Crippen LogP contribution is 2.14. The minimum Gasteiger partial charge on any atom is -0.497 e. The molecule has 2 N–H and O–H groups in total. The van der Waals surface area contributed by atoms with Crippen LogP contribution in [-0.4, -0.2) is 36.1 Å². The Morgan fingerprint density at radius 1 is 1.32 bits per heavy atom. The quantitative estimate of drug-likeness (QED) is 0.696. The van der Waals surface area contributed by atoms with Crippen molar-refractivity contribution in [3.8, 4) is 18.1 Å². The largest absolute Gasteiger partial charge is 0.497 e. The van der Waals surface area contributed by atoms with Crippen molar-refractivity contribution in [2.75, 3.05) is 13.7 Å². The van der Waals surface area contributed by atoms with Crippen LogP contribution < -0.4 is 4.74 Å². The summed E-state index contributed by atoms with van der Waals surface area (Å²) in [6.45, 7) is 0.321. The molecule has 19 heavy (non-hydrogen) atoms. The fourth-order valence-electron chi connectivity index (χ4n) is 1.62. The van der Waals surface area contributed by atoms with Gasteiger partial charge in [0.1, 0.15) is 11.9 Å². The maximum absolute atomic E-state index is 9.56. The van der Waals surface area contributed by atoms with E-state index in [4.69, 9.17) is 21.0 Å². The van der Waals surface area contributed by atoms with Gasteiger partial charge in [-0.05, 0) is 24.1 Å². The number of aliphatic hydroxyl groups excluding tert-OH is 2. The van der Waals surface area contributed by atoms with Gasteiger partial charge >= 0.3 is 0 Å². The fourth-order valence-corrected chi connectivity index (χ4v) is 1.62. The van der Waals surface area contributed by atoms with E-state index in [1.807, 2.05) is 24.3 Å². The zero-order valence-corrected chi connectivity index (χ0v) is 11.1. The molecule has 4 nitrogen and oxygen atoms in total. The molecule has 0 aliphatic carbocycles. The van der Waals surface area contributed by atoms with Crippen LogP contribution in [0.5, 0.6) is 5.75 Å². The fraction of sp³-hybridized carbons (Fsp3) is 0.467. The number of hydrogen-bond donors (Lipinski definition) is 2. The van der Waals surface area contributed by atoms with Gasteiger partial charge < -0.3 is 19.7 Å². The molecule has 1 aromatic carbocycles. The van der Waals surface area contributed by atoms with Crippen molar-refractivity contribution in [3.05, 3.63) is 29.8 Å². The molecule has 1 rings (SSSR count). The van der Waals surface area contributed by atoms with Gasteiger partial charge in [0, 0.05) is 13.0 Å². The summed E-state index contributed by atoms with van der Waals surface area (Å²) in [4.78, 5) is 0. The lowest BCUT2D eigenvalue weighted by Gasteiger charge is -2.16. The van der Waals surface area contributed by atoms with E-state index in [0.717, 1.165) is 11.3 Å². The first kappa shape index (κ1) is 15.5. The normalized spacial score (nSPS) is 13.6. The highest BCUT2D eigenvalue weighted by atomic mass is 16.5. The maximum atomic E-state index is 9.56. The minimum atomic E-state index is -0.637. The Hall–Kier alpha value is -1.54. The molecule has 0 saturated heterocycles. The van der Waals surface area contributed by atoms with Gasteiger partial charge in [-0.2, -0.15) is 0 Å². The van der Waals surface area contributed by atoms with Crippen molar-refractivity contribution in [1.82, 2.24) is 0 Å². The predicted molar refractivity (Wildman–Crippen MR) is 72.7 cm³/mol. The second-order valence-electron chi connectivity index (χ2n) is 4.22. The van der Waals surface area contributed by atoms with E-state index >= 15 is 0 Å². The first-order chi connectivity index (χ1) is 9.19. The van der Waals surface area contributed by atoms with Crippen molar-refractivity contribution >= 4 is 0 Å². The number of aliphatic hydroxyl groups is 2. The van der Waals surface area contributed by atoms with Crippen LogP contribution in [0.3, 0.4) is 0 Å². The number of benzene rings is 1. The highest BCUT2D eigenvalue weighted by molar-refractivity contribution is 5.26. The second-order valence-corrected chi connectivity index (χ2v) is 4.22. The molecule has 0 heterocycles. The molecular formula is C15H20O4. The van der Waals surface area contributed by atoms with Crippen LogP contribution >= 0.6 is 0 Å². The predicted octanol–water partition coefficient (Wildman–Crippen LogP) is 1.35. The van der Waals surface area contributed by atoms with E-state index < -0.39 is 12.2 Å². The second kappa shape index (κ2) is 8.54. The molecule has 0 fully saturated rings. The molecule has 0 aliphatic heterocycles. The molecule has 0 spiro atoms. The van der Waals surface area contributed by atoms with E-state index in [0.29, 0.717) is 19.4 Å². The van der Waals surface area contributed by atoms with Gasteiger partial charge in [-0.25, -0.2) is 0 Å². The third-order valence-corrected chi connectivity index (χ3v) is 2.74. The molecule has 0 unspecified atom stereocenters. The zero-order chi connectivity index (χ0) is 14.1. The molecule has 2 atom stereocenters. The van der Waals surface area contributed by atoms with Crippen LogP contribution in [0.25, 0.3) is 0 Å². The lowest BCUT2D eigenvalue weighted by Crippen LogP contribution is -2.20. The van der Waals surface area contributed by atoms with E-state index in [1.165, 1.54) is 0 Å². The number of methoxy groups -OCH3 is 1. The lowest BCUT2D eigenvalue weighted by atomic mass is 10.1. The molecule has 0 bridgehead atoms. The summed E-state index contributed by atoms with van der Waals surface area (Å²) < 4.78 is 10.6. The molecule has 1 aromatic rings. The number of terminal acetylenes is 1. The number of hydrogen-bond acceptors (Lipinski definition) is 4. The minimum absolute atomic E-state index is 0.0586. The summed E-state index contributed by atoms with van der Waals surface area (Å²) >= 11 is 0. The Morgan fingerprint density at radius 3 is 2.53 bits per heavy atom. The Balaban J connectivity index is 2.42. The molecule has 0 saturated carbocycles. The van der Waals surface area contributed by atoms with E-state index in [1.54, 1.807) is 7.11 Å². The van der Waals surface area contributed by atoms with Gasteiger partial charge in [-0.1, -0.05) is 18.1 Å². The lowest BCUT2D eigenvalue weighted by molar-refractivity contribution is 0.0287. The monoisotopic (exact) mass is 264 g/mol. The van der Waals surface area contributed by atoms with E-state index in [2.05, 4.69) is 5.92 Å². The topological polar surface area (TPSA) is 58.9 Å². The van der Waals surface area contributed by atoms with Gasteiger partial charge in [-0.15, -0.1) is 6.42 Å². The summed E-state index contributed by atoms with van der Waals surface area (Å²) in [6, 6.07) is 7.50. The Labute approximate surface area is 114 Å².